The van der Waals surface area contributed by atoms with Crippen molar-refractivity contribution in [1.29, 1.82) is 0 Å². The molecule has 0 saturated carbocycles. The van der Waals surface area contributed by atoms with Gasteiger partial charge < -0.3 is 15.8 Å². The molecule has 4 nitrogen and oxygen atoms in total. The lowest BCUT2D eigenvalue weighted by atomic mass is 10.1. The highest BCUT2D eigenvalue weighted by Gasteiger charge is 2.08. The van der Waals surface area contributed by atoms with Gasteiger partial charge in [-0.05, 0) is 24.1 Å². The van der Waals surface area contributed by atoms with E-state index in [1.165, 1.54) is 0 Å². The van der Waals surface area contributed by atoms with Crippen LogP contribution in [0, 0.1) is 0 Å². The highest BCUT2D eigenvalue weighted by atomic mass is 16.5. The molecule has 0 bridgehead atoms. The molecular weight excluding hydrogens is 228 g/mol. The number of rotatable bonds is 7. The first-order valence-electron chi connectivity index (χ1n) is 6.29. The minimum Gasteiger partial charge on any atom is -0.380 e. The highest BCUT2D eigenvalue weighted by molar-refractivity contribution is 5.91. The van der Waals surface area contributed by atoms with Crippen molar-refractivity contribution >= 4 is 11.6 Å². The summed E-state index contributed by atoms with van der Waals surface area (Å²) in [7, 11) is 1.66. The number of ether oxygens (including phenoxy) is 1. The molecule has 3 N–H and O–H groups in total. The van der Waals surface area contributed by atoms with Gasteiger partial charge >= 0.3 is 0 Å². The lowest BCUT2D eigenvalue weighted by molar-refractivity contribution is -0.116. The molecule has 0 aliphatic rings. The predicted molar refractivity (Wildman–Crippen MR) is 73.3 cm³/mol. The molecule has 1 amide bonds. The van der Waals surface area contributed by atoms with E-state index in [2.05, 4.69) is 12.2 Å². The van der Waals surface area contributed by atoms with Gasteiger partial charge in [-0.3, -0.25) is 4.79 Å². The van der Waals surface area contributed by atoms with E-state index in [-0.39, 0.29) is 11.9 Å². The largest absolute Gasteiger partial charge is 0.380 e. The van der Waals surface area contributed by atoms with Crippen LogP contribution in [0.25, 0.3) is 0 Å². The summed E-state index contributed by atoms with van der Waals surface area (Å²) >= 11 is 0. The van der Waals surface area contributed by atoms with Crippen LogP contribution in [0.1, 0.15) is 31.7 Å². The van der Waals surface area contributed by atoms with Crippen molar-refractivity contribution < 1.29 is 9.53 Å². The number of benzene rings is 1. The first-order chi connectivity index (χ1) is 8.65. The van der Waals surface area contributed by atoms with Crippen LogP contribution in [-0.2, 0) is 16.1 Å². The second-order valence-electron chi connectivity index (χ2n) is 4.43. The summed E-state index contributed by atoms with van der Waals surface area (Å²) in [6.07, 6.45) is 2.24. The van der Waals surface area contributed by atoms with Crippen LogP contribution >= 0.6 is 0 Å². The van der Waals surface area contributed by atoms with Crippen molar-refractivity contribution in [3.05, 3.63) is 29.8 Å². The molecule has 4 heteroatoms. The first kappa shape index (κ1) is 14.7. The molecular formula is C14H22N2O2. The Bertz CT molecular complexity index is 363. The van der Waals surface area contributed by atoms with Gasteiger partial charge in [0, 0.05) is 25.3 Å². The fourth-order valence-electron chi connectivity index (χ4n) is 1.77. The Morgan fingerprint density at radius 3 is 2.61 bits per heavy atom. The second kappa shape index (κ2) is 7.84. The van der Waals surface area contributed by atoms with Crippen molar-refractivity contribution in [3.63, 3.8) is 0 Å². The Morgan fingerprint density at radius 2 is 2.06 bits per heavy atom. The van der Waals surface area contributed by atoms with Gasteiger partial charge in [0.15, 0.2) is 0 Å². The maximum Gasteiger partial charge on any atom is 0.225 e. The zero-order chi connectivity index (χ0) is 13.4. The van der Waals surface area contributed by atoms with Crippen LogP contribution < -0.4 is 11.1 Å². The van der Waals surface area contributed by atoms with Crippen molar-refractivity contribution in [2.75, 3.05) is 12.4 Å². The Kier molecular flexibility index (Phi) is 6.39. The topological polar surface area (TPSA) is 64.4 Å². The zero-order valence-corrected chi connectivity index (χ0v) is 11.1. The van der Waals surface area contributed by atoms with Crippen LogP contribution in [0.5, 0.6) is 0 Å². The number of anilines is 1. The van der Waals surface area contributed by atoms with Crippen molar-refractivity contribution in [2.45, 2.75) is 38.8 Å². The molecule has 0 radical (unpaired) electrons. The third-order valence-electron chi connectivity index (χ3n) is 2.66. The fourth-order valence-corrected chi connectivity index (χ4v) is 1.77. The number of nitrogens with one attached hydrogen (secondary N) is 1. The molecule has 1 unspecified atom stereocenters. The molecule has 18 heavy (non-hydrogen) atoms. The van der Waals surface area contributed by atoms with Crippen LogP contribution in [0.2, 0.25) is 0 Å². The summed E-state index contributed by atoms with van der Waals surface area (Å²) in [5, 5.41) is 2.84. The Hall–Kier alpha value is -1.39. The molecule has 1 aromatic carbocycles. The van der Waals surface area contributed by atoms with Gasteiger partial charge in [0.1, 0.15) is 0 Å². The van der Waals surface area contributed by atoms with E-state index in [1.807, 2.05) is 24.3 Å². The molecule has 0 aliphatic heterocycles. The van der Waals surface area contributed by atoms with Gasteiger partial charge in [-0.1, -0.05) is 25.5 Å². The molecule has 1 aromatic rings. The summed E-state index contributed by atoms with van der Waals surface area (Å²) in [6, 6.07) is 7.56. The normalized spacial score (nSPS) is 12.2. The quantitative estimate of drug-likeness (QED) is 0.780. The maximum absolute atomic E-state index is 11.7. The molecule has 0 saturated heterocycles. The summed E-state index contributed by atoms with van der Waals surface area (Å²) in [6.45, 7) is 2.64. The SMILES string of the molecule is CCCC(N)CC(=O)Nc1ccc(COC)cc1. The number of hydrogen-bond acceptors (Lipinski definition) is 3. The van der Waals surface area contributed by atoms with Gasteiger partial charge in [-0.15, -0.1) is 0 Å². The Labute approximate surface area is 109 Å². The minimum atomic E-state index is -0.0530. The summed E-state index contributed by atoms with van der Waals surface area (Å²) in [5.41, 5.74) is 7.70. The summed E-state index contributed by atoms with van der Waals surface area (Å²) < 4.78 is 5.02. The number of methoxy groups -OCH3 is 1. The van der Waals surface area contributed by atoms with Crippen LogP contribution in [-0.4, -0.2) is 19.1 Å². The molecule has 0 heterocycles. The summed E-state index contributed by atoms with van der Waals surface area (Å²) in [5.74, 6) is -0.0320. The average molecular weight is 250 g/mol. The smallest absolute Gasteiger partial charge is 0.225 e. The van der Waals surface area contributed by atoms with Crippen molar-refractivity contribution in [1.82, 2.24) is 0 Å². The zero-order valence-electron chi connectivity index (χ0n) is 11.1. The predicted octanol–water partition coefficient (Wildman–Crippen LogP) is 2.29. The minimum absolute atomic E-state index is 0.0320. The third-order valence-corrected chi connectivity index (χ3v) is 2.66. The Morgan fingerprint density at radius 1 is 1.39 bits per heavy atom. The third kappa shape index (κ3) is 5.29. The number of amides is 1. The average Bonchev–Trinajstić information content (AvgIpc) is 2.32. The maximum atomic E-state index is 11.7. The second-order valence-corrected chi connectivity index (χ2v) is 4.43. The van der Waals surface area contributed by atoms with Crippen LogP contribution in [0.4, 0.5) is 5.69 Å². The van der Waals surface area contributed by atoms with Crippen molar-refractivity contribution in [2.24, 2.45) is 5.73 Å². The number of nitrogens with two attached hydrogens (primary N) is 1. The van der Waals surface area contributed by atoms with Gasteiger partial charge in [-0.25, -0.2) is 0 Å². The van der Waals surface area contributed by atoms with Gasteiger partial charge in [0.25, 0.3) is 0 Å². The first-order valence-corrected chi connectivity index (χ1v) is 6.29. The van der Waals surface area contributed by atoms with E-state index in [1.54, 1.807) is 7.11 Å². The Balaban J connectivity index is 2.44. The van der Waals surface area contributed by atoms with Crippen LogP contribution in [0.15, 0.2) is 24.3 Å². The van der Waals surface area contributed by atoms with E-state index in [9.17, 15) is 4.79 Å². The standard InChI is InChI=1S/C14H22N2O2/c1-3-4-12(15)9-14(17)16-13-7-5-11(6-8-13)10-18-2/h5-8,12H,3-4,9-10,15H2,1-2H3,(H,16,17). The van der Waals surface area contributed by atoms with E-state index >= 15 is 0 Å². The summed E-state index contributed by atoms with van der Waals surface area (Å²) in [4.78, 5) is 11.7. The van der Waals surface area contributed by atoms with Gasteiger partial charge in [0.05, 0.1) is 6.61 Å². The van der Waals surface area contributed by atoms with Crippen LogP contribution in [0.3, 0.4) is 0 Å². The van der Waals surface area contributed by atoms with E-state index in [0.29, 0.717) is 13.0 Å². The lowest BCUT2D eigenvalue weighted by Crippen LogP contribution is -2.26. The highest BCUT2D eigenvalue weighted by Crippen LogP contribution is 2.11. The van der Waals surface area contributed by atoms with Crippen molar-refractivity contribution in [3.8, 4) is 0 Å². The fraction of sp³-hybridized carbons (Fsp3) is 0.500. The van der Waals surface area contributed by atoms with Gasteiger partial charge in [0.2, 0.25) is 5.91 Å². The van der Waals surface area contributed by atoms with E-state index in [0.717, 1.165) is 24.1 Å². The molecule has 1 rings (SSSR count). The molecule has 0 aliphatic carbocycles. The monoisotopic (exact) mass is 250 g/mol. The molecule has 0 aromatic heterocycles. The molecule has 0 spiro atoms. The number of hydrogen-bond donors (Lipinski definition) is 2. The van der Waals surface area contributed by atoms with Gasteiger partial charge in [-0.2, -0.15) is 0 Å². The lowest BCUT2D eigenvalue weighted by Gasteiger charge is -2.10. The van der Waals surface area contributed by atoms with E-state index < -0.39 is 0 Å². The van der Waals surface area contributed by atoms with E-state index in [4.69, 9.17) is 10.5 Å². The molecule has 100 valence electrons. The molecule has 0 fully saturated rings. The number of carbonyl (C=O) groups is 1. The number of carbonyl (C=O) groups excluding carboxylic acids is 1. The molecule has 1 atom stereocenters.